The second-order valence-electron chi connectivity index (χ2n) is 5.21. The van der Waals surface area contributed by atoms with Crippen LogP contribution in [0.25, 0.3) is 0 Å². The highest BCUT2D eigenvalue weighted by Gasteiger charge is 2.27. The highest BCUT2D eigenvalue weighted by Crippen LogP contribution is 2.40. The Morgan fingerprint density at radius 2 is 1.86 bits per heavy atom. The highest BCUT2D eigenvalue weighted by molar-refractivity contribution is 9.10. The van der Waals surface area contributed by atoms with Crippen LogP contribution in [0.4, 0.5) is 0 Å². The number of benzene rings is 1. The number of halogens is 1. The molecule has 0 radical (unpaired) electrons. The summed E-state index contributed by atoms with van der Waals surface area (Å²) in [5.41, 5.74) is 1.22. The fourth-order valence-corrected chi connectivity index (χ4v) is 3.48. The van der Waals surface area contributed by atoms with E-state index in [4.69, 9.17) is 14.2 Å². The van der Waals surface area contributed by atoms with Gasteiger partial charge in [-0.2, -0.15) is 0 Å². The molecule has 1 aliphatic heterocycles. The number of hydrogen-bond acceptors (Lipinski definition) is 4. The molecule has 1 atom stereocenters. The van der Waals surface area contributed by atoms with Gasteiger partial charge < -0.3 is 19.5 Å². The molecule has 118 valence electrons. The molecule has 1 fully saturated rings. The molecule has 5 heteroatoms. The molecule has 1 N–H and O–H groups in total. The van der Waals surface area contributed by atoms with E-state index in [2.05, 4.69) is 34.2 Å². The van der Waals surface area contributed by atoms with Crippen LogP contribution in [0.15, 0.2) is 16.6 Å². The molecule has 1 heterocycles. The van der Waals surface area contributed by atoms with Crippen LogP contribution in [0.2, 0.25) is 0 Å². The second-order valence-corrected chi connectivity index (χ2v) is 6.07. The van der Waals surface area contributed by atoms with Crippen molar-refractivity contribution in [2.75, 3.05) is 34.0 Å². The van der Waals surface area contributed by atoms with Crippen LogP contribution >= 0.6 is 15.9 Å². The maximum Gasteiger partial charge on any atom is 0.161 e. The van der Waals surface area contributed by atoms with Crippen molar-refractivity contribution in [2.45, 2.75) is 25.8 Å². The molecule has 0 spiro atoms. The first kappa shape index (κ1) is 16.6. The molecule has 0 aliphatic carbocycles. The molecule has 1 saturated heterocycles. The minimum absolute atomic E-state index is 0.299. The lowest BCUT2D eigenvalue weighted by molar-refractivity contribution is 0.0537. The topological polar surface area (TPSA) is 39.7 Å². The van der Waals surface area contributed by atoms with Crippen LogP contribution in [0, 0.1) is 5.92 Å². The van der Waals surface area contributed by atoms with Crippen molar-refractivity contribution in [1.29, 1.82) is 0 Å². The van der Waals surface area contributed by atoms with E-state index in [1.165, 1.54) is 5.56 Å². The first-order chi connectivity index (χ1) is 10.2. The third-order valence-corrected chi connectivity index (χ3v) is 4.69. The summed E-state index contributed by atoms with van der Waals surface area (Å²) in [5.74, 6) is 2.09. The summed E-state index contributed by atoms with van der Waals surface area (Å²) in [6.07, 6.45) is 2.16. The first-order valence-electron chi connectivity index (χ1n) is 7.43. The van der Waals surface area contributed by atoms with E-state index < -0.39 is 0 Å². The Hall–Kier alpha value is -0.780. The highest BCUT2D eigenvalue weighted by atomic mass is 79.9. The average Bonchev–Trinajstić information content (AvgIpc) is 2.53. The van der Waals surface area contributed by atoms with Crippen LogP contribution < -0.4 is 14.8 Å². The number of methoxy groups -OCH3 is 2. The summed E-state index contributed by atoms with van der Waals surface area (Å²) in [6.45, 7) is 4.76. The Morgan fingerprint density at radius 3 is 2.43 bits per heavy atom. The lowest BCUT2D eigenvalue weighted by Crippen LogP contribution is -2.32. The lowest BCUT2D eigenvalue weighted by Gasteiger charge is -2.32. The third kappa shape index (κ3) is 3.90. The van der Waals surface area contributed by atoms with Crippen LogP contribution in [-0.4, -0.2) is 34.0 Å². The van der Waals surface area contributed by atoms with Crippen molar-refractivity contribution < 1.29 is 14.2 Å². The minimum atomic E-state index is 0.299. The van der Waals surface area contributed by atoms with Crippen molar-refractivity contribution in [1.82, 2.24) is 5.32 Å². The van der Waals surface area contributed by atoms with Gasteiger partial charge in [-0.25, -0.2) is 0 Å². The number of rotatable bonds is 6. The maximum absolute atomic E-state index is 5.49. The minimum Gasteiger partial charge on any atom is -0.493 e. The molecular formula is C16H24BrNO3. The molecule has 21 heavy (non-hydrogen) atoms. The fourth-order valence-electron chi connectivity index (χ4n) is 2.91. The van der Waals surface area contributed by atoms with Gasteiger partial charge in [-0.3, -0.25) is 0 Å². The van der Waals surface area contributed by atoms with E-state index in [0.29, 0.717) is 12.0 Å². The van der Waals surface area contributed by atoms with E-state index in [1.807, 2.05) is 6.07 Å². The van der Waals surface area contributed by atoms with Crippen LogP contribution in [0.1, 0.15) is 31.4 Å². The van der Waals surface area contributed by atoms with Crippen LogP contribution in [0.5, 0.6) is 11.5 Å². The SMILES string of the molecule is CCNC(c1cc(OC)c(OC)cc1Br)C1CCOCC1. The van der Waals surface area contributed by atoms with Gasteiger partial charge in [0, 0.05) is 23.7 Å². The van der Waals surface area contributed by atoms with Gasteiger partial charge in [0.15, 0.2) is 11.5 Å². The standard InChI is InChI=1S/C16H24BrNO3/c1-4-18-16(11-5-7-21-8-6-11)12-9-14(19-2)15(20-3)10-13(12)17/h9-11,16,18H,4-8H2,1-3H3. The Balaban J connectivity index is 2.34. The summed E-state index contributed by atoms with van der Waals surface area (Å²) in [7, 11) is 3.33. The van der Waals surface area contributed by atoms with Crippen molar-refractivity contribution in [2.24, 2.45) is 5.92 Å². The third-order valence-electron chi connectivity index (χ3n) is 4.00. The van der Waals surface area contributed by atoms with Gasteiger partial charge in [-0.05, 0) is 43.0 Å². The van der Waals surface area contributed by atoms with Gasteiger partial charge in [0.2, 0.25) is 0 Å². The summed E-state index contributed by atoms with van der Waals surface area (Å²) in [6, 6.07) is 4.36. The van der Waals surface area contributed by atoms with E-state index >= 15 is 0 Å². The molecule has 4 nitrogen and oxygen atoms in total. The van der Waals surface area contributed by atoms with E-state index in [9.17, 15) is 0 Å². The molecule has 1 aromatic carbocycles. The van der Waals surface area contributed by atoms with Crippen LogP contribution in [-0.2, 0) is 4.74 Å². The van der Waals surface area contributed by atoms with Gasteiger partial charge in [0.25, 0.3) is 0 Å². The molecule has 1 unspecified atom stereocenters. The smallest absolute Gasteiger partial charge is 0.161 e. The molecule has 1 aromatic rings. The van der Waals surface area contributed by atoms with E-state index in [1.54, 1.807) is 14.2 Å². The molecule has 0 aromatic heterocycles. The van der Waals surface area contributed by atoms with Gasteiger partial charge in [0.1, 0.15) is 0 Å². The van der Waals surface area contributed by atoms with E-state index in [0.717, 1.165) is 48.6 Å². The van der Waals surface area contributed by atoms with Crippen molar-refractivity contribution in [3.63, 3.8) is 0 Å². The Morgan fingerprint density at radius 1 is 1.24 bits per heavy atom. The molecule has 0 amide bonds. The van der Waals surface area contributed by atoms with Gasteiger partial charge in [-0.1, -0.05) is 22.9 Å². The zero-order valence-corrected chi connectivity index (χ0v) is 14.5. The zero-order chi connectivity index (χ0) is 15.2. The predicted molar refractivity (Wildman–Crippen MR) is 87.2 cm³/mol. The van der Waals surface area contributed by atoms with E-state index in [-0.39, 0.29) is 0 Å². The van der Waals surface area contributed by atoms with Crippen LogP contribution in [0.3, 0.4) is 0 Å². The quantitative estimate of drug-likeness (QED) is 0.844. The fraction of sp³-hybridized carbons (Fsp3) is 0.625. The van der Waals surface area contributed by atoms with Crippen molar-refractivity contribution in [3.05, 3.63) is 22.2 Å². The monoisotopic (exact) mass is 357 g/mol. The van der Waals surface area contributed by atoms with Gasteiger partial charge in [0.05, 0.1) is 14.2 Å². The number of ether oxygens (including phenoxy) is 3. The second kappa shape index (κ2) is 8.01. The molecule has 2 rings (SSSR count). The number of nitrogens with one attached hydrogen (secondary N) is 1. The molecule has 1 aliphatic rings. The lowest BCUT2D eigenvalue weighted by atomic mass is 9.87. The predicted octanol–water partition coefficient (Wildman–Crippen LogP) is 3.54. The summed E-state index contributed by atoms with van der Waals surface area (Å²) in [4.78, 5) is 0. The Kier molecular flexibility index (Phi) is 6.33. The van der Waals surface area contributed by atoms with Crippen molar-refractivity contribution in [3.8, 4) is 11.5 Å². The average molecular weight is 358 g/mol. The largest absolute Gasteiger partial charge is 0.493 e. The molecule has 0 bridgehead atoms. The van der Waals surface area contributed by atoms with Gasteiger partial charge in [-0.15, -0.1) is 0 Å². The molecule has 0 saturated carbocycles. The Bertz CT molecular complexity index is 461. The van der Waals surface area contributed by atoms with Crippen molar-refractivity contribution >= 4 is 15.9 Å². The summed E-state index contributed by atoms with van der Waals surface area (Å²) >= 11 is 3.68. The maximum atomic E-state index is 5.49. The summed E-state index contributed by atoms with van der Waals surface area (Å²) in [5, 5.41) is 3.62. The first-order valence-corrected chi connectivity index (χ1v) is 8.23. The van der Waals surface area contributed by atoms with Gasteiger partial charge >= 0.3 is 0 Å². The number of hydrogen-bond donors (Lipinski definition) is 1. The summed E-state index contributed by atoms with van der Waals surface area (Å²) < 4.78 is 17.4. The molecular weight excluding hydrogens is 334 g/mol. The normalized spacial score (nSPS) is 17.5. The Labute approximate surface area is 135 Å². The zero-order valence-electron chi connectivity index (χ0n) is 12.9.